The highest BCUT2D eigenvalue weighted by atomic mass is 14.9. The Hall–Kier alpha value is -0.860. The van der Waals surface area contributed by atoms with E-state index in [2.05, 4.69) is 42.6 Å². The van der Waals surface area contributed by atoms with E-state index in [1.165, 1.54) is 12.0 Å². The van der Waals surface area contributed by atoms with E-state index >= 15 is 0 Å². The van der Waals surface area contributed by atoms with Crippen molar-refractivity contribution >= 4 is 0 Å². The van der Waals surface area contributed by atoms with E-state index in [0.29, 0.717) is 12.6 Å². The maximum absolute atomic E-state index is 5.50. The molecule has 14 heavy (non-hydrogen) atoms. The average Bonchev–Trinajstić information content (AvgIpc) is 2.25. The molecule has 1 atom stereocenters. The maximum atomic E-state index is 5.50. The molecular formula is C12H20N2. The third-order valence-corrected chi connectivity index (χ3v) is 2.33. The lowest BCUT2D eigenvalue weighted by molar-refractivity contribution is 0.543. The summed E-state index contributed by atoms with van der Waals surface area (Å²) < 4.78 is 0. The van der Waals surface area contributed by atoms with Gasteiger partial charge in [-0.3, -0.25) is 0 Å². The molecule has 0 amide bonds. The van der Waals surface area contributed by atoms with Crippen molar-refractivity contribution in [3.05, 3.63) is 35.9 Å². The molecule has 0 unspecified atom stereocenters. The van der Waals surface area contributed by atoms with Crippen LogP contribution in [-0.2, 0) is 6.42 Å². The van der Waals surface area contributed by atoms with Crippen LogP contribution in [-0.4, -0.2) is 19.1 Å². The lowest BCUT2D eigenvalue weighted by atomic mass is 10.1. The molecule has 0 aliphatic heterocycles. The Balaban J connectivity index is 2.10. The monoisotopic (exact) mass is 192 g/mol. The molecule has 0 aliphatic carbocycles. The first-order valence-corrected chi connectivity index (χ1v) is 5.30. The van der Waals surface area contributed by atoms with Gasteiger partial charge in [-0.15, -0.1) is 0 Å². The van der Waals surface area contributed by atoms with Gasteiger partial charge in [0.1, 0.15) is 0 Å². The number of nitrogens with one attached hydrogen (secondary N) is 1. The third kappa shape index (κ3) is 4.40. The summed E-state index contributed by atoms with van der Waals surface area (Å²) in [5, 5.41) is 3.38. The van der Waals surface area contributed by atoms with Gasteiger partial charge in [0.25, 0.3) is 0 Å². The SMILES string of the molecule is C[C@@H](CN)NCCCc1ccccc1. The zero-order valence-corrected chi connectivity index (χ0v) is 8.87. The summed E-state index contributed by atoms with van der Waals surface area (Å²) in [6.07, 6.45) is 2.32. The first-order chi connectivity index (χ1) is 6.83. The number of aryl methyl sites for hydroxylation is 1. The van der Waals surface area contributed by atoms with Crippen molar-refractivity contribution in [2.45, 2.75) is 25.8 Å². The van der Waals surface area contributed by atoms with E-state index < -0.39 is 0 Å². The molecule has 2 nitrogen and oxygen atoms in total. The Morgan fingerprint density at radius 2 is 2.00 bits per heavy atom. The van der Waals surface area contributed by atoms with Crippen LogP contribution in [0.2, 0.25) is 0 Å². The molecule has 0 fully saturated rings. The van der Waals surface area contributed by atoms with Crippen molar-refractivity contribution in [3.8, 4) is 0 Å². The fourth-order valence-corrected chi connectivity index (χ4v) is 1.37. The van der Waals surface area contributed by atoms with E-state index in [9.17, 15) is 0 Å². The van der Waals surface area contributed by atoms with Gasteiger partial charge < -0.3 is 11.1 Å². The molecule has 2 heteroatoms. The summed E-state index contributed by atoms with van der Waals surface area (Å²) in [7, 11) is 0. The van der Waals surface area contributed by atoms with Crippen LogP contribution < -0.4 is 11.1 Å². The van der Waals surface area contributed by atoms with E-state index in [1.54, 1.807) is 0 Å². The van der Waals surface area contributed by atoms with E-state index in [4.69, 9.17) is 5.73 Å². The van der Waals surface area contributed by atoms with E-state index in [0.717, 1.165) is 13.0 Å². The van der Waals surface area contributed by atoms with Crippen LogP contribution in [0.3, 0.4) is 0 Å². The van der Waals surface area contributed by atoms with Gasteiger partial charge in [-0.25, -0.2) is 0 Å². The average molecular weight is 192 g/mol. The number of hydrogen-bond donors (Lipinski definition) is 2. The summed E-state index contributed by atoms with van der Waals surface area (Å²) in [5.41, 5.74) is 6.91. The predicted molar refractivity (Wildman–Crippen MR) is 61.3 cm³/mol. The van der Waals surface area contributed by atoms with Gasteiger partial charge in [0, 0.05) is 12.6 Å². The van der Waals surface area contributed by atoms with E-state index in [-0.39, 0.29) is 0 Å². The van der Waals surface area contributed by atoms with Crippen molar-refractivity contribution in [1.29, 1.82) is 0 Å². The minimum Gasteiger partial charge on any atom is -0.329 e. The van der Waals surface area contributed by atoms with Crippen LogP contribution >= 0.6 is 0 Å². The summed E-state index contributed by atoms with van der Waals surface area (Å²) in [5.74, 6) is 0. The number of benzene rings is 1. The zero-order valence-electron chi connectivity index (χ0n) is 8.87. The summed E-state index contributed by atoms with van der Waals surface area (Å²) in [4.78, 5) is 0. The molecule has 3 N–H and O–H groups in total. The highest BCUT2D eigenvalue weighted by molar-refractivity contribution is 5.14. The summed E-state index contributed by atoms with van der Waals surface area (Å²) in [6, 6.07) is 11.0. The van der Waals surface area contributed by atoms with Crippen LogP contribution in [0.4, 0.5) is 0 Å². The standard InChI is InChI=1S/C12H20N2/c1-11(10-13)14-9-5-8-12-6-3-2-4-7-12/h2-4,6-7,11,14H,5,8-10,13H2,1H3/t11-/m0/s1. The van der Waals surface area contributed by atoms with Gasteiger partial charge >= 0.3 is 0 Å². The maximum Gasteiger partial charge on any atom is 0.0161 e. The van der Waals surface area contributed by atoms with Crippen LogP contribution in [0.15, 0.2) is 30.3 Å². The second kappa shape index (κ2) is 6.57. The topological polar surface area (TPSA) is 38.0 Å². The Kier molecular flexibility index (Phi) is 5.27. The zero-order chi connectivity index (χ0) is 10.2. The molecule has 0 aliphatic rings. The molecule has 0 saturated carbocycles. The fraction of sp³-hybridized carbons (Fsp3) is 0.500. The molecular weight excluding hydrogens is 172 g/mol. The molecule has 1 rings (SSSR count). The Labute approximate surface area is 86.5 Å². The molecule has 0 aromatic heterocycles. The van der Waals surface area contributed by atoms with Crippen molar-refractivity contribution in [3.63, 3.8) is 0 Å². The summed E-state index contributed by atoms with van der Waals surface area (Å²) >= 11 is 0. The number of nitrogens with two attached hydrogens (primary N) is 1. The Bertz CT molecular complexity index is 233. The highest BCUT2D eigenvalue weighted by Gasteiger charge is 1.96. The predicted octanol–water partition coefficient (Wildman–Crippen LogP) is 1.56. The van der Waals surface area contributed by atoms with Crippen molar-refractivity contribution in [1.82, 2.24) is 5.32 Å². The molecule has 0 bridgehead atoms. The molecule has 0 heterocycles. The summed E-state index contributed by atoms with van der Waals surface area (Å²) in [6.45, 7) is 3.88. The second-order valence-corrected chi connectivity index (χ2v) is 3.68. The van der Waals surface area contributed by atoms with E-state index in [1.807, 2.05) is 0 Å². The molecule has 0 radical (unpaired) electrons. The lowest BCUT2D eigenvalue weighted by Crippen LogP contribution is -2.33. The lowest BCUT2D eigenvalue weighted by Gasteiger charge is -2.10. The first-order valence-electron chi connectivity index (χ1n) is 5.30. The van der Waals surface area contributed by atoms with Crippen LogP contribution in [0.1, 0.15) is 18.9 Å². The normalized spacial score (nSPS) is 12.7. The van der Waals surface area contributed by atoms with Gasteiger partial charge in [0.2, 0.25) is 0 Å². The molecule has 1 aromatic carbocycles. The van der Waals surface area contributed by atoms with Gasteiger partial charge in [-0.1, -0.05) is 30.3 Å². The van der Waals surface area contributed by atoms with Crippen LogP contribution in [0, 0.1) is 0 Å². The van der Waals surface area contributed by atoms with Gasteiger partial charge in [-0.2, -0.15) is 0 Å². The van der Waals surface area contributed by atoms with Gasteiger partial charge in [-0.05, 0) is 31.9 Å². The van der Waals surface area contributed by atoms with Crippen molar-refractivity contribution in [2.24, 2.45) is 5.73 Å². The number of rotatable bonds is 6. The minimum atomic E-state index is 0.436. The Morgan fingerprint density at radius 3 is 2.64 bits per heavy atom. The van der Waals surface area contributed by atoms with Crippen LogP contribution in [0.25, 0.3) is 0 Å². The molecule has 78 valence electrons. The van der Waals surface area contributed by atoms with Crippen LogP contribution in [0.5, 0.6) is 0 Å². The van der Waals surface area contributed by atoms with Gasteiger partial charge in [0.05, 0.1) is 0 Å². The first kappa shape index (κ1) is 11.2. The largest absolute Gasteiger partial charge is 0.329 e. The van der Waals surface area contributed by atoms with Crippen molar-refractivity contribution < 1.29 is 0 Å². The third-order valence-electron chi connectivity index (χ3n) is 2.33. The van der Waals surface area contributed by atoms with Gasteiger partial charge in [0.15, 0.2) is 0 Å². The highest BCUT2D eigenvalue weighted by Crippen LogP contribution is 2.01. The van der Waals surface area contributed by atoms with Crippen molar-refractivity contribution in [2.75, 3.05) is 13.1 Å². The number of hydrogen-bond acceptors (Lipinski definition) is 2. The smallest absolute Gasteiger partial charge is 0.0161 e. The molecule has 1 aromatic rings. The quantitative estimate of drug-likeness (QED) is 0.671. The Morgan fingerprint density at radius 1 is 1.29 bits per heavy atom. The fourth-order valence-electron chi connectivity index (χ4n) is 1.37. The molecule has 0 spiro atoms. The molecule has 0 saturated heterocycles. The second-order valence-electron chi connectivity index (χ2n) is 3.68. The minimum absolute atomic E-state index is 0.436.